The largest absolute Gasteiger partial charge is 0.440 e. The van der Waals surface area contributed by atoms with Crippen LogP contribution in [-0.2, 0) is 21.2 Å². The lowest BCUT2D eigenvalue weighted by Crippen LogP contribution is -2.55. The number of hydrogen-bond acceptors (Lipinski definition) is 9. The van der Waals surface area contributed by atoms with Gasteiger partial charge in [-0.15, -0.1) is 11.3 Å². The fourth-order valence-corrected chi connectivity index (χ4v) is 7.44. The number of benzene rings is 3. The van der Waals surface area contributed by atoms with Gasteiger partial charge in [-0.1, -0.05) is 44.2 Å². The number of nitrogens with zero attached hydrogens (tertiary/aromatic N) is 3. The van der Waals surface area contributed by atoms with E-state index in [9.17, 15) is 27.8 Å². The topological polar surface area (TPSA) is 132 Å². The maximum Gasteiger partial charge on any atom is 0.414 e. The number of carbonyl (C=O) groups is 1. The second-order valence-electron chi connectivity index (χ2n) is 11.2. The first-order valence-electron chi connectivity index (χ1n) is 14.2. The molecule has 1 unspecified atom stereocenters. The Balaban J connectivity index is 1.36. The van der Waals surface area contributed by atoms with E-state index in [2.05, 4.69) is 10.3 Å². The number of sulfonamides is 1. The number of aliphatic hydroxyl groups is 2. The Kier molecular flexibility index (Phi) is 9.93. The van der Waals surface area contributed by atoms with Crippen LogP contribution in [0.5, 0.6) is 0 Å². The van der Waals surface area contributed by atoms with Crippen LogP contribution in [0, 0.1) is 11.7 Å². The zero-order chi connectivity index (χ0) is 31.4. The summed E-state index contributed by atoms with van der Waals surface area (Å²) in [4.78, 5) is 18.2. The number of ether oxygens (including phenoxy) is 1. The third-order valence-corrected chi connectivity index (χ3v) is 10.0. The molecule has 234 valence electrons. The van der Waals surface area contributed by atoms with Crippen LogP contribution in [0.4, 0.5) is 14.9 Å². The second kappa shape index (κ2) is 13.7. The lowest BCUT2D eigenvalue weighted by molar-refractivity contribution is -0.0119. The van der Waals surface area contributed by atoms with E-state index >= 15 is 0 Å². The van der Waals surface area contributed by atoms with Crippen LogP contribution in [0.3, 0.4) is 0 Å². The highest BCUT2D eigenvalue weighted by atomic mass is 32.2. The number of carbonyl (C=O) groups excluding carboxylic acids is 1. The van der Waals surface area contributed by atoms with E-state index in [0.717, 1.165) is 10.3 Å². The Morgan fingerprint density at radius 1 is 1.09 bits per heavy atom. The SMILES string of the molecule is CC(C)CN(C[C@@H](O)[C@H](Cc1ccccc1)NC(O)[C@@H]1CN(c2ccc(F)cc2)C(=O)O1)S(=O)(=O)c1ccc2scnc2c1. The van der Waals surface area contributed by atoms with Gasteiger partial charge in [-0.05, 0) is 60.4 Å². The Bertz CT molecular complexity index is 1670. The number of nitrogens with one attached hydrogen (secondary N) is 1. The molecule has 1 amide bonds. The molecule has 0 spiro atoms. The Morgan fingerprint density at radius 2 is 1.82 bits per heavy atom. The minimum absolute atomic E-state index is 0.0142. The first-order chi connectivity index (χ1) is 21.0. The Hall–Kier alpha value is -3.46. The summed E-state index contributed by atoms with van der Waals surface area (Å²) >= 11 is 1.42. The molecule has 4 atom stereocenters. The van der Waals surface area contributed by atoms with Crippen molar-refractivity contribution < 1.29 is 32.6 Å². The van der Waals surface area contributed by atoms with Gasteiger partial charge in [0, 0.05) is 24.8 Å². The summed E-state index contributed by atoms with van der Waals surface area (Å²) in [6, 6.07) is 18.6. The average Bonchev–Trinajstić information content (AvgIpc) is 3.63. The molecule has 1 saturated heterocycles. The molecule has 44 heavy (non-hydrogen) atoms. The van der Waals surface area contributed by atoms with Crippen molar-refractivity contribution in [3.05, 3.63) is 89.7 Å². The quantitative estimate of drug-likeness (QED) is 0.187. The van der Waals surface area contributed by atoms with Crippen LogP contribution in [0.15, 0.2) is 83.2 Å². The average molecular weight is 643 g/mol. The van der Waals surface area contributed by atoms with Crippen molar-refractivity contribution in [1.82, 2.24) is 14.6 Å². The summed E-state index contributed by atoms with van der Waals surface area (Å²) in [5.41, 5.74) is 3.49. The highest BCUT2D eigenvalue weighted by Gasteiger charge is 2.39. The Morgan fingerprint density at radius 3 is 2.52 bits per heavy atom. The summed E-state index contributed by atoms with van der Waals surface area (Å²) in [5, 5.41) is 25.7. The lowest BCUT2D eigenvalue weighted by atomic mass is 10.00. The van der Waals surface area contributed by atoms with E-state index in [1.807, 2.05) is 44.2 Å². The van der Waals surface area contributed by atoms with Crippen LogP contribution in [0.1, 0.15) is 19.4 Å². The molecule has 0 aliphatic carbocycles. The minimum atomic E-state index is -4.01. The fraction of sp³-hybridized carbons (Fsp3) is 0.355. The third kappa shape index (κ3) is 7.42. The highest BCUT2D eigenvalue weighted by Crippen LogP contribution is 2.26. The molecule has 0 bridgehead atoms. The molecule has 0 saturated carbocycles. The monoisotopic (exact) mass is 642 g/mol. The van der Waals surface area contributed by atoms with Crippen LogP contribution in [-0.4, -0.2) is 78.1 Å². The molecular formula is C31H35FN4O6S2. The zero-order valence-corrected chi connectivity index (χ0v) is 25.9. The summed E-state index contributed by atoms with van der Waals surface area (Å²) < 4.78 is 48.6. The van der Waals surface area contributed by atoms with Crippen LogP contribution in [0.2, 0.25) is 0 Å². The molecule has 2 heterocycles. The van der Waals surface area contributed by atoms with E-state index in [-0.39, 0.29) is 36.9 Å². The number of rotatable bonds is 13. The van der Waals surface area contributed by atoms with Crippen LogP contribution < -0.4 is 10.2 Å². The number of aliphatic hydroxyl groups excluding tert-OH is 2. The number of halogens is 1. The molecule has 13 heteroatoms. The van der Waals surface area contributed by atoms with Gasteiger partial charge in [0.25, 0.3) is 0 Å². The van der Waals surface area contributed by atoms with E-state index in [1.165, 1.54) is 50.9 Å². The van der Waals surface area contributed by atoms with Gasteiger partial charge in [0.05, 0.1) is 33.3 Å². The van der Waals surface area contributed by atoms with Gasteiger partial charge in [-0.2, -0.15) is 4.31 Å². The number of thiazole rings is 1. The van der Waals surface area contributed by atoms with Crippen LogP contribution >= 0.6 is 11.3 Å². The van der Waals surface area contributed by atoms with E-state index in [0.29, 0.717) is 11.2 Å². The molecule has 0 radical (unpaired) electrons. The van der Waals surface area contributed by atoms with Gasteiger partial charge in [0.15, 0.2) is 6.10 Å². The van der Waals surface area contributed by atoms with Crippen molar-refractivity contribution >= 4 is 43.4 Å². The zero-order valence-electron chi connectivity index (χ0n) is 24.3. The first kappa shape index (κ1) is 31.9. The van der Waals surface area contributed by atoms with Crippen molar-refractivity contribution in [3.63, 3.8) is 0 Å². The maximum absolute atomic E-state index is 13.8. The Labute approximate surface area is 259 Å². The number of aromatic nitrogens is 1. The fourth-order valence-electron chi connectivity index (χ4n) is 5.14. The van der Waals surface area contributed by atoms with E-state index in [4.69, 9.17) is 4.74 Å². The van der Waals surface area contributed by atoms with Crippen molar-refractivity contribution in [2.45, 2.75) is 49.6 Å². The number of fused-ring (bicyclic) bond motifs is 1. The number of cyclic esters (lactones) is 1. The molecule has 1 aliphatic rings. The van der Waals surface area contributed by atoms with Crippen LogP contribution in [0.25, 0.3) is 10.2 Å². The lowest BCUT2D eigenvalue weighted by Gasteiger charge is -2.32. The maximum atomic E-state index is 13.8. The molecule has 4 aromatic rings. The highest BCUT2D eigenvalue weighted by molar-refractivity contribution is 7.89. The molecular weight excluding hydrogens is 607 g/mol. The minimum Gasteiger partial charge on any atom is -0.440 e. The van der Waals surface area contributed by atoms with Crippen molar-refractivity contribution in [3.8, 4) is 0 Å². The number of amides is 1. The molecule has 3 aromatic carbocycles. The van der Waals surface area contributed by atoms with E-state index < -0.39 is 46.4 Å². The molecule has 3 N–H and O–H groups in total. The van der Waals surface area contributed by atoms with Crippen molar-refractivity contribution in [1.29, 1.82) is 0 Å². The second-order valence-corrected chi connectivity index (χ2v) is 14.0. The molecule has 5 rings (SSSR count). The van der Waals surface area contributed by atoms with Gasteiger partial charge < -0.3 is 14.9 Å². The van der Waals surface area contributed by atoms with Crippen molar-refractivity contribution in [2.24, 2.45) is 5.92 Å². The van der Waals surface area contributed by atoms with E-state index in [1.54, 1.807) is 17.6 Å². The summed E-state index contributed by atoms with van der Waals surface area (Å²) in [7, 11) is -4.01. The number of hydrogen-bond donors (Lipinski definition) is 3. The predicted octanol–water partition coefficient (Wildman–Crippen LogP) is 3.99. The van der Waals surface area contributed by atoms with Gasteiger partial charge in [0.1, 0.15) is 12.0 Å². The van der Waals surface area contributed by atoms with Crippen molar-refractivity contribution in [2.75, 3.05) is 24.5 Å². The van der Waals surface area contributed by atoms with Gasteiger partial charge in [-0.25, -0.2) is 22.6 Å². The summed E-state index contributed by atoms with van der Waals surface area (Å²) in [6.45, 7) is 3.67. The summed E-state index contributed by atoms with van der Waals surface area (Å²) in [6.07, 6.45) is -4.10. The van der Waals surface area contributed by atoms with Gasteiger partial charge >= 0.3 is 6.09 Å². The number of anilines is 1. The summed E-state index contributed by atoms with van der Waals surface area (Å²) in [5.74, 6) is -0.490. The molecule has 10 nitrogen and oxygen atoms in total. The normalized spacial score (nSPS) is 17.8. The smallest absolute Gasteiger partial charge is 0.414 e. The molecule has 1 aliphatic heterocycles. The standard InChI is InChI=1S/C31H35FN4O6S2/c1-20(2)16-35(44(40,41)24-12-13-29-26(15-24)33-19-43-29)17-27(37)25(14-21-6-4-3-5-7-21)34-30(38)28-18-36(31(39)42-28)23-10-8-22(32)9-11-23/h3-13,15,19-20,25,27-28,30,34,37-38H,14,16-18H2,1-2H3/t25-,27+,28-,30?/m0/s1. The third-order valence-electron chi connectivity index (χ3n) is 7.37. The van der Waals surface area contributed by atoms with Gasteiger partial charge in [-0.3, -0.25) is 10.2 Å². The predicted molar refractivity (Wildman–Crippen MR) is 166 cm³/mol. The molecule has 1 aromatic heterocycles. The first-order valence-corrected chi connectivity index (χ1v) is 16.6. The van der Waals surface area contributed by atoms with Gasteiger partial charge in [0.2, 0.25) is 10.0 Å². The molecule has 1 fully saturated rings.